The Morgan fingerprint density at radius 3 is 2.89 bits per heavy atom. The topological polar surface area (TPSA) is 74.2 Å². The SMILES string of the molecule is CCCc1cnc(NC(=O)NCC(C)(C)CCO)s1. The minimum atomic E-state index is -0.247. The predicted molar refractivity (Wildman–Crippen MR) is 78.6 cm³/mol. The molecule has 1 aromatic rings. The van der Waals surface area contributed by atoms with E-state index in [1.807, 2.05) is 13.8 Å². The molecule has 0 saturated carbocycles. The number of amides is 2. The van der Waals surface area contributed by atoms with Crippen molar-refractivity contribution in [1.82, 2.24) is 10.3 Å². The standard InChI is InChI=1S/C13H23N3O2S/c1-4-5-10-8-14-12(19-10)16-11(18)15-9-13(2,3)6-7-17/h8,17H,4-7,9H2,1-3H3,(H2,14,15,16,18). The van der Waals surface area contributed by atoms with E-state index >= 15 is 0 Å². The molecule has 6 heteroatoms. The van der Waals surface area contributed by atoms with Gasteiger partial charge in [-0.25, -0.2) is 9.78 Å². The van der Waals surface area contributed by atoms with Crippen molar-refractivity contribution in [2.75, 3.05) is 18.5 Å². The number of carbonyl (C=O) groups is 1. The summed E-state index contributed by atoms with van der Waals surface area (Å²) in [7, 11) is 0. The Hall–Kier alpha value is -1.14. The monoisotopic (exact) mass is 285 g/mol. The maximum Gasteiger partial charge on any atom is 0.321 e. The van der Waals surface area contributed by atoms with Gasteiger partial charge in [0.15, 0.2) is 5.13 Å². The summed E-state index contributed by atoms with van der Waals surface area (Å²) in [5, 5.41) is 15.1. The third-order valence-electron chi connectivity index (χ3n) is 2.79. The van der Waals surface area contributed by atoms with Crippen LogP contribution in [0.3, 0.4) is 0 Å². The van der Waals surface area contributed by atoms with Crippen molar-refractivity contribution >= 4 is 22.5 Å². The zero-order chi connectivity index (χ0) is 14.3. The van der Waals surface area contributed by atoms with E-state index < -0.39 is 0 Å². The van der Waals surface area contributed by atoms with E-state index in [4.69, 9.17) is 5.11 Å². The Labute approximate surface area is 118 Å². The summed E-state index contributed by atoms with van der Waals surface area (Å²) < 4.78 is 0. The Balaban J connectivity index is 2.38. The van der Waals surface area contributed by atoms with Crippen LogP contribution in [0.1, 0.15) is 38.5 Å². The molecule has 3 N–H and O–H groups in total. The molecule has 0 bridgehead atoms. The van der Waals surface area contributed by atoms with Gasteiger partial charge in [-0.15, -0.1) is 11.3 Å². The molecular formula is C13H23N3O2S. The number of aliphatic hydroxyl groups excluding tert-OH is 1. The van der Waals surface area contributed by atoms with Gasteiger partial charge >= 0.3 is 6.03 Å². The number of aromatic nitrogens is 1. The fourth-order valence-corrected chi connectivity index (χ4v) is 2.49. The average Bonchev–Trinajstić information content (AvgIpc) is 2.75. The van der Waals surface area contributed by atoms with Gasteiger partial charge in [-0.3, -0.25) is 5.32 Å². The molecule has 108 valence electrons. The van der Waals surface area contributed by atoms with Crippen molar-refractivity contribution in [2.45, 2.75) is 40.0 Å². The van der Waals surface area contributed by atoms with E-state index in [-0.39, 0.29) is 18.1 Å². The summed E-state index contributed by atoms with van der Waals surface area (Å²) in [6.45, 7) is 6.77. The van der Waals surface area contributed by atoms with Crippen LogP contribution in [0.5, 0.6) is 0 Å². The number of urea groups is 1. The molecule has 5 nitrogen and oxygen atoms in total. The predicted octanol–water partition coefficient (Wildman–Crippen LogP) is 2.63. The maximum absolute atomic E-state index is 11.7. The molecule has 2 amide bonds. The Morgan fingerprint density at radius 2 is 2.26 bits per heavy atom. The van der Waals surface area contributed by atoms with E-state index in [0.29, 0.717) is 18.1 Å². The Bertz CT molecular complexity index is 404. The first-order valence-corrected chi connectivity index (χ1v) is 7.39. The van der Waals surface area contributed by atoms with Crippen LogP contribution in [0.4, 0.5) is 9.93 Å². The number of hydrogen-bond acceptors (Lipinski definition) is 4. The van der Waals surface area contributed by atoms with E-state index in [1.165, 1.54) is 16.2 Å². The molecule has 0 radical (unpaired) electrons. The van der Waals surface area contributed by atoms with Crippen molar-refractivity contribution in [1.29, 1.82) is 0 Å². The summed E-state index contributed by atoms with van der Waals surface area (Å²) in [5.74, 6) is 0. The zero-order valence-electron chi connectivity index (χ0n) is 11.8. The minimum absolute atomic E-state index is 0.109. The quantitative estimate of drug-likeness (QED) is 0.721. The fourth-order valence-electron chi connectivity index (χ4n) is 1.58. The summed E-state index contributed by atoms with van der Waals surface area (Å²) in [6, 6.07) is -0.247. The van der Waals surface area contributed by atoms with Crippen molar-refractivity contribution < 1.29 is 9.90 Å². The van der Waals surface area contributed by atoms with Crippen molar-refractivity contribution in [3.8, 4) is 0 Å². The second-order valence-electron chi connectivity index (χ2n) is 5.33. The molecule has 1 heterocycles. The first kappa shape index (κ1) is 15.9. The number of anilines is 1. The molecule has 1 rings (SSSR count). The molecular weight excluding hydrogens is 262 g/mol. The summed E-state index contributed by atoms with van der Waals surface area (Å²) >= 11 is 1.51. The number of thiazole rings is 1. The highest BCUT2D eigenvalue weighted by molar-refractivity contribution is 7.15. The number of hydrogen-bond donors (Lipinski definition) is 3. The second kappa shape index (κ2) is 7.45. The van der Waals surface area contributed by atoms with Crippen molar-refractivity contribution in [3.05, 3.63) is 11.1 Å². The smallest absolute Gasteiger partial charge is 0.321 e. The molecule has 0 unspecified atom stereocenters. The van der Waals surface area contributed by atoms with E-state index in [2.05, 4.69) is 22.5 Å². The molecule has 19 heavy (non-hydrogen) atoms. The highest BCUT2D eigenvalue weighted by atomic mass is 32.1. The number of nitrogens with one attached hydrogen (secondary N) is 2. The lowest BCUT2D eigenvalue weighted by Crippen LogP contribution is -2.37. The Kier molecular flexibility index (Phi) is 6.24. The lowest BCUT2D eigenvalue weighted by atomic mass is 9.90. The van der Waals surface area contributed by atoms with Gasteiger partial charge < -0.3 is 10.4 Å². The van der Waals surface area contributed by atoms with Crippen molar-refractivity contribution in [3.63, 3.8) is 0 Å². The summed E-state index contributed by atoms with van der Waals surface area (Å²) in [5.41, 5.74) is -0.109. The molecule has 0 atom stereocenters. The van der Waals surface area contributed by atoms with Gasteiger partial charge in [0.05, 0.1) is 0 Å². The van der Waals surface area contributed by atoms with E-state index in [9.17, 15) is 4.79 Å². The van der Waals surface area contributed by atoms with Gasteiger partial charge in [0.1, 0.15) is 0 Å². The number of aliphatic hydroxyl groups is 1. The average molecular weight is 285 g/mol. The van der Waals surface area contributed by atoms with Gasteiger partial charge in [-0.2, -0.15) is 0 Å². The maximum atomic E-state index is 11.7. The minimum Gasteiger partial charge on any atom is -0.396 e. The number of carbonyl (C=O) groups excluding carboxylic acids is 1. The number of rotatable bonds is 7. The van der Waals surface area contributed by atoms with E-state index in [1.54, 1.807) is 6.20 Å². The van der Waals surface area contributed by atoms with Crippen LogP contribution in [0, 0.1) is 5.41 Å². The molecule has 0 saturated heterocycles. The number of aryl methyl sites for hydroxylation is 1. The first-order valence-electron chi connectivity index (χ1n) is 6.57. The summed E-state index contributed by atoms with van der Waals surface area (Å²) in [6.07, 6.45) is 4.53. The van der Waals surface area contributed by atoms with Crippen LogP contribution in [0.25, 0.3) is 0 Å². The normalized spacial score (nSPS) is 11.4. The van der Waals surface area contributed by atoms with E-state index in [0.717, 1.165) is 12.8 Å². The van der Waals surface area contributed by atoms with Gasteiger partial charge in [0.25, 0.3) is 0 Å². The van der Waals surface area contributed by atoms with Crippen LogP contribution < -0.4 is 10.6 Å². The van der Waals surface area contributed by atoms with Crippen LogP contribution in [0.2, 0.25) is 0 Å². The second-order valence-corrected chi connectivity index (χ2v) is 6.44. The van der Waals surface area contributed by atoms with Crippen molar-refractivity contribution in [2.24, 2.45) is 5.41 Å². The zero-order valence-corrected chi connectivity index (χ0v) is 12.6. The van der Waals surface area contributed by atoms with Gasteiger partial charge in [-0.1, -0.05) is 27.2 Å². The van der Waals surface area contributed by atoms with Crippen LogP contribution in [-0.4, -0.2) is 29.3 Å². The third kappa shape index (κ3) is 6.02. The Morgan fingerprint density at radius 1 is 1.53 bits per heavy atom. The molecule has 0 fully saturated rings. The largest absolute Gasteiger partial charge is 0.396 e. The third-order valence-corrected chi connectivity index (χ3v) is 3.76. The molecule has 0 aliphatic rings. The highest BCUT2D eigenvalue weighted by Gasteiger charge is 2.18. The fraction of sp³-hybridized carbons (Fsp3) is 0.692. The molecule has 0 aliphatic heterocycles. The highest BCUT2D eigenvalue weighted by Crippen LogP contribution is 2.20. The van der Waals surface area contributed by atoms with Crippen LogP contribution >= 0.6 is 11.3 Å². The lowest BCUT2D eigenvalue weighted by molar-refractivity contribution is 0.204. The first-order chi connectivity index (χ1) is 8.96. The number of nitrogens with zero attached hydrogens (tertiary/aromatic N) is 1. The van der Waals surface area contributed by atoms with Gasteiger partial charge in [0.2, 0.25) is 0 Å². The van der Waals surface area contributed by atoms with Gasteiger partial charge in [-0.05, 0) is 18.3 Å². The molecule has 0 aliphatic carbocycles. The molecule has 0 spiro atoms. The summed E-state index contributed by atoms with van der Waals surface area (Å²) in [4.78, 5) is 17.1. The van der Waals surface area contributed by atoms with Crippen LogP contribution in [-0.2, 0) is 6.42 Å². The van der Waals surface area contributed by atoms with Crippen LogP contribution in [0.15, 0.2) is 6.20 Å². The molecule has 0 aromatic carbocycles. The van der Waals surface area contributed by atoms with Gasteiger partial charge in [0, 0.05) is 24.2 Å². The lowest BCUT2D eigenvalue weighted by Gasteiger charge is -2.23. The molecule has 1 aromatic heterocycles.